The molecular formula is C21H24N2O2. The molecule has 130 valence electrons. The molecule has 0 saturated heterocycles. The van der Waals surface area contributed by atoms with Crippen LogP contribution in [0, 0.1) is 0 Å². The molecule has 4 nitrogen and oxygen atoms in total. The maximum absolute atomic E-state index is 9.20. The Kier molecular flexibility index (Phi) is 3.58. The molecule has 1 heterocycles. The van der Waals surface area contributed by atoms with E-state index >= 15 is 0 Å². The second-order valence-electron chi connectivity index (χ2n) is 7.54. The van der Waals surface area contributed by atoms with E-state index < -0.39 is 0 Å². The average molecular weight is 336 g/mol. The van der Waals surface area contributed by atoms with E-state index in [1.165, 1.54) is 55.3 Å². The highest BCUT2D eigenvalue weighted by Gasteiger charge is 2.25. The molecule has 0 fully saturated rings. The summed E-state index contributed by atoms with van der Waals surface area (Å²) in [5, 5.41) is 16.4. The first-order chi connectivity index (χ1) is 12.3. The first-order valence-electron chi connectivity index (χ1n) is 9.56. The van der Waals surface area contributed by atoms with E-state index in [2.05, 4.69) is 22.6 Å². The van der Waals surface area contributed by atoms with Crippen LogP contribution in [0.4, 0.5) is 5.69 Å². The summed E-state index contributed by atoms with van der Waals surface area (Å²) in [6.07, 6.45) is 10.1. The second kappa shape index (κ2) is 5.94. The van der Waals surface area contributed by atoms with Gasteiger partial charge in [0.2, 0.25) is 0 Å². The van der Waals surface area contributed by atoms with Gasteiger partial charge < -0.3 is 14.9 Å². The zero-order chi connectivity index (χ0) is 16.8. The third kappa shape index (κ3) is 2.46. The fraction of sp³-hybridized carbons (Fsp3) is 0.476. The number of nitrogens with one attached hydrogen (secondary N) is 1. The van der Waals surface area contributed by atoms with Crippen LogP contribution in [0.5, 0.6) is 0 Å². The van der Waals surface area contributed by atoms with Crippen molar-refractivity contribution in [2.45, 2.75) is 64.3 Å². The van der Waals surface area contributed by atoms with Crippen LogP contribution < -0.4 is 5.32 Å². The summed E-state index contributed by atoms with van der Waals surface area (Å²) >= 11 is 0. The van der Waals surface area contributed by atoms with E-state index in [0.29, 0.717) is 6.54 Å². The number of furan rings is 1. The number of nitrogens with zero attached hydrogens (tertiary/aromatic N) is 1. The topological polar surface area (TPSA) is 57.8 Å². The fourth-order valence-electron chi connectivity index (χ4n) is 4.86. The quantitative estimate of drug-likeness (QED) is 0.646. The van der Waals surface area contributed by atoms with Gasteiger partial charge in [0.25, 0.3) is 0 Å². The first-order valence-corrected chi connectivity index (χ1v) is 9.56. The van der Waals surface area contributed by atoms with Crippen molar-refractivity contribution in [2.24, 2.45) is 5.16 Å². The number of rotatable bonds is 3. The number of anilines is 1. The van der Waals surface area contributed by atoms with Gasteiger partial charge in [-0.25, -0.2) is 0 Å². The van der Waals surface area contributed by atoms with E-state index in [-0.39, 0.29) is 0 Å². The molecule has 3 aliphatic rings. The van der Waals surface area contributed by atoms with Crippen molar-refractivity contribution in [2.75, 3.05) is 5.32 Å². The molecule has 4 heteroatoms. The highest BCUT2D eigenvalue weighted by Crippen LogP contribution is 2.39. The molecule has 0 spiro atoms. The molecule has 0 amide bonds. The summed E-state index contributed by atoms with van der Waals surface area (Å²) < 4.78 is 6.04. The van der Waals surface area contributed by atoms with Crippen LogP contribution in [-0.2, 0) is 38.6 Å². The van der Waals surface area contributed by atoms with E-state index in [1.807, 2.05) is 0 Å². The monoisotopic (exact) mass is 336 g/mol. The van der Waals surface area contributed by atoms with Crippen LogP contribution in [0.25, 0.3) is 0 Å². The highest BCUT2D eigenvalue weighted by molar-refractivity contribution is 6.02. The maximum atomic E-state index is 9.20. The standard InChI is InChI=1S/C21H24N2O2/c24-23-19-8-3-9-20-18(19)11-15(25-20)12-22-21-16-6-1-4-13(16)10-14-5-2-7-17(14)21/h10-11,22,24H,1-9,12H2/b23-19+. The summed E-state index contributed by atoms with van der Waals surface area (Å²) in [6.45, 7) is 0.703. The molecular weight excluding hydrogens is 312 g/mol. The minimum absolute atomic E-state index is 0.703. The van der Waals surface area contributed by atoms with Crippen molar-refractivity contribution in [1.29, 1.82) is 0 Å². The van der Waals surface area contributed by atoms with Gasteiger partial charge >= 0.3 is 0 Å². The maximum Gasteiger partial charge on any atom is 0.123 e. The Balaban J connectivity index is 1.44. The number of benzene rings is 1. The number of fused-ring (bicyclic) bond motifs is 3. The molecule has 5 rings (SSSR count). The van der Waals surface area contributed by atoms with Gasteiger partial charge in [-0.2, -0.15) is 0 Å². The predicted octanol–water partition coefficient (Wildman–Crippen LogP) is 4.38. The number of oxime groups is 1. The molecule has 0 aliphatic heterocycles. The van der Waals surface area contributed by atoms with Gasteiger partial charge in [-0.3, -0.25) is 0 Å². The van der Waals surface area contributed by atoms with Crippen molar-refractivity contribution in [3.05, 3.63) is 51.5 Å². The Hall–Kier alpha value is -2.23. The smallest absolute Gasteiger partial charge is 0.123 e. The van der Waals surface area contributed by atoms with Crippen molar-refractivity contribution in [3.8, 4) is 0 Å². The van der Waals surface area contributed by atoms with Gasteiger partial charge in [0.05, 0.1) is 12.3 Å². The van der Waals surface area contributed by atoms with Crippen LogP contribution in [0.2, 0.25) is 0 Å². The lowest BCUT2D eigenvalue weighted by Crippen LogP contribution is -2.09. The molecule has 1 aromatic carbocycles. The van der Waals surface area contributed by atoms with Gasteiger partial charge in [-0.05, 0) is 79.7 Å². The second-order valence-corrected chi connectivity index (χ2v) is 7.54. The lowest BCUT2D eigenvalue weighted by atomic mass is 9.96. The Bertz CT molecular complexity index is 831. The van der Waals surface area contributed by atoms with Gasteiger partial charge in [0.1, 0.15) is 11.5 Å². The molecule has 0 unspecified atom stereocenters. The van der Waals surface area contributed by atoms with Crippen LogP contribution in [0.1, 0.15) is 65.0 Å². The van der Waals surface area contributed by atoms with Crippen molar-refractivity contribution in [3.63, 3.8) is 0 Å². The Labute approximate surface area is 147 Å². The Morgan fingerprint density at radius 3 is 2.36 bits per heavy atom. The van der Waals surface area contributed by atoms with Gasteiger partial charge in [-0.15, -0.1) is 0 Å². The van der Waals surface area contributed by atoms with E-state index in [1.54, 1.807) is 11.1 Å². The fourth-order valence-corrected chi connectivity index (χ4v) is 4.86. The van der Waals surface area contributed by atoms with Crippen LogP contribution in [0.15, 0.2) is 21.7 Å². The van der Waals surface area contributed by atoms with Gasteiger partial charge in [-0.1, -0.05) is 11.2 Å². The van der Waals surface area contributed by atoms with Crippen LogP contribution >= 0.6 is 0 Å². The minimum atomic E-state index is 0.703. The molecule has 2 N–H and O–H groups in total. The molecule has 0 radical (unpaired) electrons. The predicted molar refractivity (Wildman–Crippen MR) is 97.8 cm³/mol. The van der Waals surface area contributed by atoms with Crippen LogP contribution in [-0.4, -0.2) is 10.9 Å². The Morgan fingerprint density at radius 2 is 1.64 bits per heavy atom. The zero-order valence-electron chi connectivity index (χ0n) is 14.5. The number of hydrogen-bond donors (Lipinski definition) is 2. The van der Waals surface area contributed by atoms with E-state index in [9.17, 15) is 5.21 Å². The number of hydrogen-bond acceptors (Lipinski definition) is 4. The summed E-state index contributed by atoms with van der Waals surface area (Å²) in [5.74, 6) is 1.91. The lowest BCUT2D eigenvalue weighted by Gasteiger charge is -2.16. The highest BCUT2D eigenvalue weighted by atomic mass is 16.4. The normalized spacial score (nSPS) is 19.8. The van der Waals surface area contributed by atoms with E-state index in [4.69, 9.17) is 4.42 Å². The molecule has 1 aromatic heterocycles. The average Bonchev–Trinajstić information content (AvgIpc) is 3.35. The first kappa shape index (κ1) is 15.1. The summed E-state index contributed by atoms with van der Waals surface area (Å²) in [7, 11) is 0. The SMILES string of the molecule is O/N=C1\CCCc2oc(CNc3c4c(cc5c3CCC5)CCC4)cc21. The lowest BCUT2D eigenvalue weighted by molar-refractivity contribution is 0.317. The zero-order valence-corrected chi connectivity index (χ0v) is 14.5. The third-order valence-electron chi connectivity index (χ3n) is 6.02. The summed E-state index contributed by atoms with van der Waals surface area (Å²) in [6, 6.07) is 4.52. The summed E-state index contributed by atoms with van der Waals surface area (Å²) in [5.41, 5.74) is 9.32. The Morgan fingerprint density at radius 1 is 0.920 bits per heavy atom. The molecule has 25 heavy (non-hydrogen) atoms. The van der Waals surface area contributed by atoms with Crippen molar-refractivity contribution in [1.82, 2.24) is 0 Å². The van der Waals surface area contributed by atoms with Crippen LogP contribution in [0.3, 0.4) is 0 Å². The third-order valence-corrected chi connectivity index (χ3v) is 6.02. The molecule has 0 saturated carbocycles. The molecule has 0 bridgehead atoms. The van der Waals surface area contributed by atoms with Gasteiger partial charge in [0.15, 0.2) is 0 Å². The minimum Gasteiger partial charge on any atom is -0.463 e. The molecule has 0 atom stereocenters. The van der Waals surface area contributed by atoms with Gasteiger partial charge in [0, 0.05) is 17.7 Å². The molecule has 3 aliphatic carbocycles. The number of aryl methyl sites for hydroxylation is 3. The molecule has 2 aromatic rings. The van der Waals surface area contributed by atoms with Crippen molar-refractivity contribution < 1.29 is 9.62 Å². The van der Waals surface area contributed by atoms with Crippen molar-refractivity contribution >= 4 is 11.4 Å². The van der Waals surface area contributed by atoms with E-state index in [0.717, 1.165) is 42.1 Å². The summed E-state index contributed by atoms with van der Waals surface area (Å²) in [4.78, 5) is 0. The largest absolute Gasteiger partial charge is 0.463 e.